The first-order valence-corrected chi connectivity index (χ1v) is 23.6. The lowest BCUT2D eigenvalue weighted by Crippen LogP contribution is -2.56. The summed E-state index contributed by atoms with van der Waals surface area (Å²) in [5.41, 5.74) is 3.42. The Hall–Kier alpha value is -4.06. The number of amides is 3. The minimum Gasteiger partial charge on any atom is -0.444 e. The van der Waals surface area contributed by atoms with Crippen LogP contribution >= 0.6 is 0 Å². The van der Waals surface area contributed by atoms with Gasteiger partial charge in [-0.05, 0) is 118 Å². The third kappa shape index (κ3) is 13.8. The minimum absolute atomic E-state index is 0.0454. The topological polar surface area (TPSA) is 122 Å². The zero-order valence-electron chi connectivity index (χ0n) is 36.4. The molecule has 3 N–H and O–H groups in total. The summed E-state index contributed by atoms with van der Waals surface area (Å²) in [6.07, 6.45) is 5.41. The van der Waals surface area contributed by atoms with Crippen molar-refractivity contribution in [1.82, 2.24) is 25.8 Å². The van der Waals surface area contributed by atoms with Gasteiger partial charge in [0.1, 0.15) is 11.6 Å². The largest absolute Gasteiger partial charge is 0.444 e. The third-order valence-corrected chi connectivity index (χ3v) is 16.0. The van der Waals surface area contributed by atoms with Crippen LogP contribution in [0.15, 0.2) is 79.1 Å². The Kier molecular flexibility index (Phi) is 16.1. The summed E-state index contributed by atoms with van der Waals surface area (Å²) >= 11 is 0. The molecule has 3 amide bonds. The quantitative estimate of drug-likeness (QED) is 0.125. The van der Waals surface area contributed by atoms with Crippen LogP contribution in [0.1, 0.15) is 85.8 Å². The van der Waals surface area contributed by atoms with Gasteiger partial charge in [0.2, 0.25) is 11.8 Å². The number of aromatic nitrogens is 1. The second kappa shape index (κ2) is 20.1. The summed E-state index contributed by atoms with van der Waals surface area (Å²) in [5.74, 6) is -0.960. The van der Waals surface area contributed by atoms with Crippen LogP contribution in [0.3, 0.4) is 0 Å². The van der Waals surface area contributed by atoms with Crippen molar-refractivity contribution < 1.29 is 23.5 Å². The Morgan fingerprint density at radius 3 is 1.95 bits per heavy atom. The van der Waals surface area contributed by atoms with Gasteiger partial charge in [-0.3, -0.25) is 14.6 Å². The highest BCUT2D eigenvalue weighted by molar-refractivity contribution is 6.74. The van der Waals surface area contributed by atoms with Crippen molar-refractivity contribution in [2.24, 2.45) is 11.8 Å². The van der Waals surface area contributed by atoms with Gasteiger partial charge in [-0.1, -0.05) is 89.2 Å². The molecule has 4 atom stereocenters. The lowest BCUT2D eigenvalue weighted by Gasteiger charge is -2.42. The van der Waals surface area contributed by atoms with Gasteiger partial charge in [0.05, 0.1) is 12.1 Å². The van der Waals surface area contributed by atoms with E-state index in [1.54, 1.807) is 12.4 Å². The summed E-state index contributed by atoms with van der Waals surface area (Å²) < 4.78 is 13.1. The third-order valence-electron chi connectivity index (χ3n) is 11.5. The maximum absolute atomic E-state index is 14.9. The van der Waals surface area contributed by atoms with Crippen LogP contribution in [-0.4, -0.2) is 86.1 Å². The van der Waals surface area contributed by atoms with E-state index in [1.807, 2.05) is 89.0 Å². The van der Waals surface area contributed by atoms with Crippen LogP contribution in [0.4, 0.5) is 4.79 Å². The summed E-state index contributed by atoms with van der Waals surface area (Å²) in [4.78, 5) is 48.6. The lowest BCUT2D eigenvalue weighted by atomic mass is 9.87. The van der Waals surface area contributed by atoms with E-state index in [0.717, 1.165) is 35.1 Å². The standard InChI is InChI=1S/C46H69N5O5Si/c1-32(2)41(43(53)51-27-23-38(47-9)24-28-51)50-42(52)37(29-34-17-19-35(20-18-34)36-21-25-48-26-22-36)31-40(56-57(10,11)46(6,7)8)39(30-33-15-13-12-14-16-33)49-44(54)55-45(3,4)5/h12-22,25-26,32,37-41,47H,23-24,27-31H2,1-11H3,(H,49,54)(H,50,52)/t37-,39+,40+,41+/m1/s1. The fourth-order valence-electron chi connectivity index (χ4n) is 7.05. The van der Waals surface area contributed by atoms with Crippen molar-refractivity contribution in [2.75, 3.05) is 20.1 Å². The molecular weight excluding hydrogens is 731 g/mol. The van der Waals surface area contributed by atoms with Gasteiger partial charge in [-0.2, -0.15) is 0 Å². The van der Waals surface area contributed by atoms with E-state index >= 15 is 0 Å². The van der Waals surface area contributed by atoms with Crippen LogP contribution in [0.25, 0.3) is 11.1 Å². The molecule has 0 aliphatic carbocycles. The molecule has 2 heterocycles. The van der Waals surface area contributed by atoms with Crippen LogP contribution in [0.2, 0.25) is 18.1 Å². The molecule has 57 heavy (non-hydrogen) atoms. The van der Waals surface area contributed by atoms with Crippen molar-refractivity contribution in [1.29, 1.82) is 0 Å². The summed E-state index contributed by atoms with van der Waals surface area (Å²) in [5, 5.41) is 9.63. The molecule has 312 valence electrons. The Bertz CT molecular complexity index is 1720. The number of carbonyl (C=O) groups excluding carboxylic acids is 3. The molecule has 4 rings (SSSR count). The summed E-state index contributed by atoms with van der Waals surface area (Å²) in [7, 11) is -0.519. The van der Waals surface area contributed by atoms with Gasteiger partial charge in [0.15, 0.2) is 8.32 Å². The molecule has 1 saturated heterocycles. The number of alkyl carbamates (subject to hydrolysis) is 1. The second-order valence-electron chi connectivity index (χ2n) is 18.5. The monoisotopic (exact) mass is 800 g/mol. The van der Waals surface area contributed by atoms with Crippen molar-refractivity contribution in [3.05, 3.63) is 90.3 Å². The molecule has 1 aromatic heterocycles. The molecule has 0 spiro atoms. The molecule has 3 aromatic rings. The van der Waals surface area contributed by atoms with E-state index in [0.29, 0.717) is 38.4 Å². The first kappa shape index (κ1) is 45.6. The highest BCUT2D eigenvalue weighted by Crippen LogP contribution is 2.39. The van der Waals surface area contributed by atoms with Crippen molar-refractivity contribution >= 4 is 26.2 Å². The molecule has 0 bridgehead atoms. The lowest BCUT2D eigenvalue weighted by molar-refractivity contribution is -0.139. The van der Waals surface area contributed by atoms with Crippen LogP contribution in [0, 0.1) is 11.8 Å². The predicted octanol–water partition coefficient (Wildman–Crippen LogP) is 8.18. The smallest absolute Gasteiger partial charge is 0.407 e. The predicted molar refractivity (Wildman–Crippen MR) is 232 cm³/mol. The maximum Gasteiger partial charge on any atom is 0.407 e. The Morgan fingerprint density at radius 2 is 1.40 bits per heavy atom. The minimum atomic E-state index is -2.48. The fourth-order valence-corrected chi connectivity index (χ4v) is 8.42. The van der Waals surface area contributed by atoms with E-state index in [2.05, 4.69) is 79.1 Å². The molecule has 0 saturated carbocycles. The van der Waals surface area contributed by atoms with Crippen LogP contribution < -0.4 is 16.0 Å². The average molecular weight is 800 g/mol. The highest BCUT2D eigenvalue weighted by atomic mass is 28.4. The van der Waals surface area contributed by atoms with E-state index in [4.69, 9.17) is 9.16 Å². The number of carbonyl (C=O) groups is 3. The first-order chi connectivity index (χ1) is 26.8. The number of pyridine rings is 1. The van der Waals surface area contributed by atoms with Gasteiger partial charge >= 0.3 is 6.09 Å². The Morgan fingerprint density at radius 1 is 0.825 bits per heavy atom. The summed E-state index contributed by atoms with van der Waals surface area (Å²) in [6.45, 7) is 21.8. The molecule has 2 aromatic carbocycles. The number of piperidine rings is 1. The zero-order valence-corrected chi connectivity index (χ0v) is 37.4. The van der Waals surface area contributed by atoms with Crippen molar-refractivity contribution in [3.63, 3.8) is 0 Å². The molecule has 1 aliphatic rings. The second-order valence-corrected chi connectivity index (χ2v) is 23.3. The Balaban J connectivity index is 1.75. The van der Waals surface area contributed by atoms with E-state index in [-0.39, 0.29) is 22.8 Å². The number of benzene rings is 2. The molecular formula is C46H69N5O5Si. The van der Waals surface area contributed by atoms with Gasteiger partial charge < -0.3 is 30.0 Å². The molecule has 0 unspecified atom stereocenters. The Labute approximate surface area is 343 Å². The molecule has 1 fully saturated rings. The number of hydrogen-bond donors (Lipinski definition) is 3. The zero-order chi connectivity index (χ0) is 42.0. The van der Waals surface area contributed by atoms with Gasteiger partial charge in [-0.15, -0.1) is 0 Å². The van der Waals surface area contributed by atoms with Crippen molar-refractivity contribution in [2.45, 2.75) is 135 Å². The average Bonchev–Trinajstić information content (AvgIpc) is 3.15. The van der Waals surface area contributed by atoms with E-state index < -0.39 is 44.1 Å². The number of likely N-dealkylation sites (tertiary alicyclic amines) is 1. The normalized spacial score (nSPS) is 16.4. The van der Waals surface area contributed by atoms with Gasteiger partial charge in [0.25, 0.3) is 0 Å². The molecule has 11 heteroatoms. The van der Waals surface area contributed by atoms with Crippen molar-refractivity contribution in [3.8, 4) is 11.1 Å². The number of ether oxygens (including phenoxy) is 1. The van der Waals surface area contributed by atoms with Gasteiger partial charge in [-0.25, -0.2) is 4.79 Å². The molecule has 10 nitrogen and oxygen atoms in total. The van der Waals surface area contributed by atoms with Crippen LogP contribution in [0.5, 0.6) is 0 Å². The molecule has 1 aliphatic heterocycles. The number of hydrogen-bond acceptors (Lipinski definition) is 7. The number of rotatable bonds is 16. The first-order valence-electron chi connectivity index (χ1n) is 20.7. The molecule has 0 radical (unpaired) electrons. The SMILES string of the molecule is CNC1CCN(C(=O)[C@@H](NC(=O)[C@H](Cc2ccc(-c3ccncc3)cc2)C[C@H](O[Si](C)(C)C(C)(C)C)[C@H](Cc2ccccc2)NC(=O)OC(C)(C)C)C(C)C)CC1. The van der Waals surface area contributed by atoms with Crippen LogP contribution in [-0.2, 0) is 31.6 Å². The highest BCUT2D eigenvalue weighted by Gasteiger charge is 2.43. The number of nitrogens with one attached hydrogen (secondary N) is 3. The maximum atomic E-state index is 14.9. The number of nitrogens with zero attached hydrogens (tertiary/aromatic N) is 2. The van der Waals surface area contributed by atoms with E-state index in [9.17, 15) is 14.4 Å². The summed E-state index contributed by atoms with van der Waals surface area (Å²) in [6, 6.07) is 21.4. The van der Waals surface area contributed by atoms with Gasteiger partial charge in [0, 0.05) is 37.4 Å². The van der Waals surface area contributed by atoms with E-state index in [1.165, 1.54) is 0 Å². The fraction of sp³-hybridized carbons (Fsp3) is 0.565.